The molecule has 0 radical (unpaired) electrons. The van der Waals surface area contributed by atoms with Gasteiger partial charge in [0.25, 0.3) is 0 Å². The minimum Gasteiger partial charge on any atom is -0.392 e. The van der Waals surface area contributed by atoms with Gasteiger partial charge >= 0.3 is 0 Å². The molecular weight excluding hydrogens is 228 g/mol. The predicted molar refractivity (Wildman–Crippen MR) is 75.2 cm³/mol. The van der Waals surface area contributed by atoms with Crippen LogP contribution < -0.4 is 0 Å². The molecule has 2 heteroatoms. The largest absolute Gasteiger partial charge is 0.392 e. The first-order valence-electron chi connectivity index (χ1n) is 5.58. The molecule has 0 amide bonds. The Balaban J connectivity index is 2.24. The number of hydrogen-bond donors (Lipinski definition) is 1. The van der Waals surface area contributed by atoms with Crippen molar-refractivity contribution in [2.24, 2.45) is 0 Å². The van der Waals surface area contributed by atoms with Gasteiger partial charge in [-0.3, -0.25) is 0 Å². The van der Waals surface area contributed by atoms with Crippen LogP contribution in [-0.2, 0) is 0 Å². The fraction of sp³-hybridized carbons (Fsp3) is 0.133. The number of rotatable bonds is 3. The quantitative estimate of drug-likeness (QED) is 0.821. The molecule has 0 aliphatic heterocycles. The van der Waals surface area contributed by atoms with E-state index < -0.39 is 0 Å². The minimum absolute atomic E-state index is 0.0413. The Labute approximate surface area is 107 Å². The van der Waals surface area contributed by atoms with Crippen molar-refractivity contribution in [2.75, 3.05) is 6.61 Å². The van der Waals surface area contributed by atoms with Crippen molar-refractivity contribution in [3.05, 3.63) is 71.8 Å². The van der Waals surface area contributed by atoms with Crippen LogP contribution in [0.4, 0.5) is 0 Å². The van der Waals surface area contributed by atoms with E-state index in [0.717, 1.165) is 10.4 Å². The normalized spacial score (nSPS) is 19.7. The van der Waals surface area contributed by atoms with Crippen LogP contribution in [0.15, 0.2) is 66.3 Å². The molecule has 1 nitrogen and oxygen atoms in total. The molecule has 0 bridgehead atoms. The van der Waals surface area contributed by atoms with Crippen molar-refractivity contribution in [1.29, 1.82) is 0 Å². The van der Waals surface area contributed by atoms with E-state index in [9.17, 15) is 0 Å². The Morgan fingerprint density at radius 3 is 2.71 bits per heavy atom. The highest BCUT2D eigenvalue weighted by Crippen LogP contribution is 2.26. The SMILES string of the molecule is OC/C=C\C1=CC=CC(c2ccccc2)C1=S. The average molecular weight is 242 g/mol. The zero-order valence-corrected chi connectivity index (χ0v) is 10.2. The number of thiocarbonyl (C=S) groups is 1. The Hall–Kier alpha value is -1.51. The highest BCUT2D eigenvalue weighted by atomic mass is 32.1. The Kier molecular flexibility index (Phi) is 4.02. The summed E-state index contributed by atoms with van der Waals surface area (Å²) >= 11 is 5.49. The maximum absolute atomic E-state index is 8.79. The van der Waals surface area contributed by atoms with Gasteiger partial charge in [-0.15, -0.1) is 0 Å². The van der Waals surface area contributed by atoms with E-state index in [4.69, 9.17) is 17.3 Å². The van der Waals surface area contributed by atoms with Gasteiger partial charge in [-0.05, 0) is 11.1 Å². The topological polar surface area (TPSA) is 20.2 Å². The fourth-order valence-corrected chi connectivity index (χ4v) is 2.21. The van der Waals surface area contributed by atoms with Crippen molar-refractivity contribution in [3.63, 3.8) is 0 Å². The summed E-state index contributed by atoms with van der Waals surface area (Å²) in [6.45, 7) is 0.0413. The van der Waals surface area contributed by atoms with Crippen LogP contribution in [0.3, 0.4) is 0 Å². The van der Waals surface area contributed by atoms with E-state index >= 15 is 0 Å². The second kappa shape index (κ2) is 5.71. The third-order valence-electron chi connectivity index (χ3n) is 2.71. The second-order valence-electron chi connectivity index (χ2n) is 3.84. The van der Waals surface area contributed by atoms with E-state index in [2.05, 4.69) is 18.2 Å². The van der Waals surface area contributed by atoms with Gasteiger partial charge in [0.2, 0.25) is 0 Å². The molecule has 0 aromatic heterocycles. The molecular formula is C15H14OS. The standard InChI is InChI=1S/C15H14OS/c16-11-5-9-13-8-4-10-14(15(13)17)12-6-2-1-3-7-12/h1-10,14,16H,11H2/b9-5-. The van der Waals surface area contributed by atoms with Crippen LogP contribution in [0, 0.1) is 0 Å². The smallest absolute Gasteiger partial charge is 0.0615 e. The van der Waals surface area contributed by atoms with Crippen molar-refractivity contribution in [1.82, 2.24) is 0 Å². The van der Waals surface area contributed by atoms with Crippen LogP contribution in [0.2, 0.25) is 0 Å². The summed E-state index contributed by atoms with van der Waals surface area (Å²) in [5.74, 6) is 0.162. The van der Waals surface area contributed by atoms with Crippen molar-refractivity contribution >= 4 is 17.1 Å². The van der Waals surface area contributed by atoms with E-state index in [1.54, 1.807) is 6.08 Å². The van der Waals surface area contributed by atoms with Gasteiger partial charge in [0, 0.05) is 10.8 Å². The van der Waals surface area contributed by atoms with Gasteiger partial charge in [-0.2, -0.15) is 0 Å². The van der Waals surface area contributed by atoms with E-state index in [-0.39, 0.29) is 12.5 Å². The third kappa shape index (κ3) is 2.78. The molecule has 0 spiro atoms. The van der Waals surface area contributed by atoms with Crippen molar-refractivity contribution < 1.29 is 5.11 Å². The summed E-state index contributed by atoms with van der Waals surface area (Å²) in [6.07, 6.45) is 9.69. The van der Waals surface area contributed by atoms with Gasteiger partial charge in [0.05, 0.1) is 6.61 Å². The molecule has 2 rings (SSSR count). The lowest BCUT2D eigenvalue weighted by molar-refractivity contribution is 0.342. The van der Waals surface area contributed by atoms with E-state index in [1.165, 1.54) is 5.56 Å². The van der Waals surface area contributed by atoms with Crippen LogP contribution in [-0.4, -0.2) is 16.6 Å². The summed E-state index contributed by atoms with van der Waals surface area (Å²) in [4.78, 5) is 0.906. The minimum atomic E-state index is 0.0413. The summed E-state index contributed by atoms with van der Waals surface area (Å²) < 4.78 is 0. The van der Waals surface area contributed by atoms with Gasteiger partial charge in [0.1, 0.15) is 0 Å². The molecule has 17 heavy (non-hydrogen) atoms. The molecule has 0 heterocycles. The second-order valence-corrected chi connectivity index (χ2v) is 4.28. The zero-order valence-electron chi connectivity index (χ0n) is 9.41. The number of hydrogen-bond acceptors (Lipinski definition) is 2. The van der Waals surface area contributed by atoms with Crippen LogP contribution in [0.5, 0.6) is 0 Å². The summed E-state index contributed by atoms with van der Waals surface area (Å²) in [5.41, 5.74) is 2.21. The third-order valence-corrected chi connectivity index (χ3v) is 3.20. The predicted octanol–water partition coefficient (Wildman–Crippen LogP) is 3.18. The lowest BCUT2D eigenvalue weighted by Gasteiger charge is -2.18. The monoisotopic (exact) mass is 242 g/mol. The first kappa shape index (κ1) is 12.0. The van der Waals surface area contributed by atoms with Gasteiger partial charge in [0.15, 0.2) is 0 Å². The van der Waals surface area contributed by atoms with E-state index in [0.29, 0.717) is 0 Å². The summed E-state index contributed by atoms with van der Waals surface area (Å²) in [5, 5.41) is 8.79. The Morgan fingerprint density at radius 2 is 2.00 bits per heavy atom. The molecule has 0 saturated heterocycles. The highest BCUT2D eigenvalue weighted by molar-refractivity contribution is 7.81. The zero-order chi connectivity index (χ0) is 12.1. The highest BCUT2D eigenvalue weighted by Gasteiger charge is 2.17. The van der Waals surface area contributed by atoms with Crippen LogP contribution >= 0.6 is 12.2 Å². The number of aliphatic hydroxyl groups excluding tert-OH is 1. The molecule has 1 aliphatic carbocycles. The Bertz CT molecular complexity index is 483. The molecule has 1 aliphatic rings. The lowest BCUT2D eigenvalue weighted by atomic mass is 9.88. The maximum atomic E-state index is 8.79. The van der Waals surface area contributed by atoms with Gasteiger partial charge in [-0.25, -0.2) is 0 Å². The molecule has 1 atom stereocenters. The Morgan fingerprint density at radius 1 is 1.24 bits per heavy atom. The van der Waals surface area contributed by atoms with Gasteiger partial charge < -0.3 is 5.11 Å². The fourth-order valence-electron chi connectivity index (χ4n) is 1.86. The number of aliphatic hydroxyl groups is 1. The molecule has 1 N–H and O–H groups in total. The number of allylic oxidation sites excluding steroid dienone is 5. The first-order chi connectivity index (χ1) is 8.33. The van der Waals surface area contributed by atoms with Gasteiger partial charge in [-0.1, -0.05) is 72.9 Å². The molecule has 86 valence electrons. The molecule has 1 aromatic carbocycles. The summed E-state index contributed by atoms with van der Waals surface area (Å²) in [7, 11) is 0. The molecule has 0 fully saturated rings. The van der Waals surface area contributed by atoms with E-state index in [1.807, 2.05) is 36.4 Å². The first-order valence-corrected chi connectivity index (χ1v) is 5.99. The van der Waals surface area contributed by atoms with Crippen LogP contribution in [0.1, 0.15) is 11.5 Å². The van der Waals surface area contributed by atoms with Crippen molar-refractivity contribution in [3.8, 4) is 0 Å². The molecule has 0 saturated carbocycles. The molecule has 1 aromatic rings. The summed E-state index contributed by atoms with van der Waals surface area (Å²) in [6, 6.07) is 10.2. The number of benzene rings is 1. The molecule has 1 unspecified atom stereocenters. The van der Waals surface area contributed by atoms with Crippen LogP contribution in [0.25, 0.3) is 0 Å². The lowest BCUT2D eigenvalue weighted by Crippen LogP contribution is -2.12. The average Bonchev–Trinajstić information content (AvgIpc) is 2.39. The van der Waals surface area contributed by atoms with Crippen molar-refractivity contribution in [2.45, 2.75) is 5.92 Å². The maximum Gasteiger partial charge on any atom is 0.0615 e.